The van der Waals surface area contributed by atoms with Gasteiger partial charge in [0.15, 0.2) is 0 Å². The van der Waals surface area contributed by atoms with Crippen LogP contribution in [0, 0.1) is 5.92 Å². The van der Waals surface area contributed by atoms with Gasteiger partial charge in [-0.1, -0.05) is 6.92 Å². The zero-order valence-corrected chi connectivity index (χ0v) is 13.9. The minimum atomic E-state index is 0.0536. The van der Waals surface area contributed by atoms with Gasteiger partial charge in [-0.2, -0.15) is 0 Å². The summed E-state index contributed by atoms with van der Waals surface area (Å²) in [4.78, 5) is 17.3. The van der Waals surface area contributed by atoms with Crippen molar-refractivity contribution in [1.29, 1.82) is 0 Å². The Morgan fingerprint density at radius 3 is 2.52 bits per heavy atom. The number of carbonyl (C=O) groups is 1. The molecule has 2 aliphatic heterocycles. The Balaban J connectivity index is 1.89. The lowest BCUT2D eigenvalue weighted by molar-refractivity contribution is -0.137. The quantitative estimate of drug-likeness (QED) is 0.815. The normalized spacial score (nSPS) is 22.5. The van der Waals surface area contributed by atoms with Crippen LogP contribution in [0.3, 0.4) is 0 Å². The van der Waals surface area contributed by atoms with E-state index in [1.54, 1.807) is 0 Å². The number of amides is 1. The van der Waals surface area contributed by atoms with Crippen LogP contribution in [-0.4, -0.2) is 61.0 Å². The fraction of sp³-hybridized carbons (Fsp3) is 0.941. The van der Waals surface area contributed by atoms with Gasteiger partial charge in [0.05, 0.1) is 6.04 Å². The Morgan fingerprint density at radius 1 is 1.24 bits per heavy atom. The Hall–Kier alpha value is -0.610. The summed E-state index contributed by atoms with van der Waals surface area (Å²) < 4.78 is 0. The van der Waals surface area contributed by atoms with Gasteiger partial charge in [0, 0.05) is 19.6 Å². The minimum Gasteiger partial charge on any atom is -0.341 e. The lowest BCUT2D eigenvalue weighted by Gasteiger charge is -2.37. The van der Waals surface area contributed by atoms with Crippen LogP contribution in [0.2, 0.25) is 0 Å². The van der Waals surface area contributed by atoms with Crippen LogP contribution in [0.15, 0.2) is 0 Å². The van der Waals surface area contributed by atoms with E-state index < -0.39 is 0 Å². The van der Waals surface area contributed by atoms with Crippen LogP contribution in [0.25, 0.3) is 0 Å². The molecule has 2 rings (SSSR count). The maximum absolute atomic E-state index is 12.7. The first-order valence-corrected chi connectivity index (χ1v) is 8.96. The van der Waals surface area contributed by atoms with E-state index in [0.29, 0.717) is 5.91 Å². The predicted octanol–water partition coefficient (Wildman–Crippen LogP) is 2.10. The summed E-state index contributed by atoms with van der Waals surface area (Å²) in [6.45, 7) is 10.7. The average molecular weight is 295 g/mol. The van der Waals surface area contributed by atoms with E-state index >= 15 is 0 Å². The smallest absolute Gasteiger partial charge is 0.239 e. The molecule has 0 aromatic carbocycles. The Morgan fingerprint density at radius 2 is 1.90 bits per heavy atom. The predicted molar refractivity (Wildman–Crippen MR) is 87.4 cm³/mol. The zero-order chi connectivity index (χ0) is 15.1. The molecule has 0 aromatic heterocycles. The summed E-state index contributed by atoms with van der Waals surface area (Å²) in [7, 11) is 0. The third-order valence-corrected chi connectivity index (χ3v) is 5.04. The van der Waals surface area contributed by atoms with Gasteiger partial charge >= 0.3 is 0 Å². The number of nitrogens with one attached hydrogen (secondary N) is 1. The summed E-state index contributed by atoms with van der Waals surface area (Å²) >= 11 is 0. The van der Waals surface area contributed by atoms with E-state index in [1.807, 2.05) is 0 Å². The highest BCUT2D eigenvalue weighted by Gasteiger charge is 2.28. The minimum absolute atomic E-state index is 0.0536. The fourth-order valence-corrected chi connectivity index (χ4v) is 3.66. The van der Waals surface area contributed by atoms with Crippen LogP contribution in [0.4, 0.5) is 0 Å². The molecule has 2 aliphatic rings. The molecule has 2 fully saturated rings. The number of piperidine rings is 2. The molecule has 4 heteroatoms. The van der Waals surface area contributed by atoms with E-state index in [1.165, 1.54) is 32.1 Å². The Kier molecular flexibility index (Phi) is 6.97. The van der Waals surface area contributed by atoms with Crippen LogP contribution in [-0.2, 0) is 4.79 Å². The molecule has 1 atom stereocenters. The summed E-state index contributed by atoms with van der Waals surface area (Å²) in [5.41, 5.74) is 0. The maximum Gasteiger partial charge on any atom is 0.239 e. The van der Waals surface area contributed by atoms with Crippen molar-refractivity contribution in [3.8, 4) is 0 Å². The highest BCUT2D eigenvalue weighted by molar-refractivity contribution is 5.81. The highest BCUT2D eigenvalue weighted by Crippen LogP contribution is 2.18. The summed E-state index contributed by atoms with van der Waals surface area (Å²) in [5.74, 6) is 1.12. The van der Waals surface area contributed by atoms with Gasteiger partial charge < -0.3 is 10.2 Å². The number of hydrogen-bond donors (Lipinski definition) is 1. The fourth-order valence-electron chi connectivity index (χ4n) is 3.66. The first-order valence-electron chi connectivity index (χ1n) is 8.96. The van der Waals surface area contributed by atoms with Crippen LogP contribution in [0.5, 0.6) is 0 Å². The zero-order valence-electron chi connectivity index (χ0n) is 13.9. The molecule has 122 valence electrons. The van der Waals surface area contributed by atoms with Crippen molar-refractivity contribution in [3.05, 3.63) is 0 Å². The van der Waals surface area contributed by atoms with E-state index in [4.69, 9.17) is 0 Å². The Bertz CT molecular complexity index is 309. The number of hydrogen-bond acceptors (Lipinski definition) is 3. The SMILES string of the molecule is CCCN(CC1CCNCC1)C(C)C(=O)N1CCCCC1. The molecule has 1 N–H and O–H groups in total. The van der Waals surface area contributed by atoms with E-state index in [2.05, 4.69) is 29.0 Å². The number of nitrogens with zero attached hydrogens (tertiary/aromatic N) is 2. The van der Waals surface area contributed by atoms with Crippen molar-refractivity contribution in [1.82, 2.24) is 15.1 Å². The Labute approximate surface area is 130 Å². The van der Waals surface area contributed by atoms with Gasteiger partial charge in [-0.3, -0.25) is 9.69 Å². The van der Waals surface area contributed by atoms with Crippen molar-refractivity contribution >= 4 is 5.91 Å². The number of rotatable bonds is 6. The molecule has 0 aromatic rings. The largest absolute Gasteiger partial charge is 0.341 e. The molecule has 4 nitrogen and oxygen atoms in total. The van der Waals surface area contributed by atoms with Crippen LogP contribution >= 0.6 is 0 Å². The molecule has 2 saturated heterocycles. The van der Waals surface area contributed by atoms with E-state index in [9.17, 15) is 4.79 Å². The second kappa shape index (κ2) is 8.74. The first-order chi connectivity index (χ1) is 10.2. The van der Waals surface area contributed by atoms with Gasteiger partial charge in [-0.15, -0.1) is 0 Å². The summed E-state index contributed by atoms with van der Waals surface area (Å²) in [6.07, 6.45) is 7.28. The molecule has 2 heterocycles. The van der Waals surface area contributed by atoms with Gasteiger partial charge in [0.1, 0.15) is 0 Å². The molecule has 0 spiro atoms. The van der Waals surface area contributed by atoms with Gasteiger partial charge in [-0.05, 0) is 71.0 Å². The van der Waals surface area contributed by atoms with Gasteiger partial charge in [-0.25, -0.2) is 0 Å². The van der Waals surface area contributed by atoms with Crippen molar-refractivity contribution in [3.63, 3.8) is 0 Å². The third kappa shape index (κ3) is 4.96. The number of likely N-dealkylation sites (tertiary alicyclic amines) is 1. The molecule has 0 radical (unpaired) electrons. The second-order valence-electron chi connectivity index (χ2n) is 6.75. The molecule has 21 heavy (non-hydrogen) atoms. The molecular weight excluding hydrogens is 262 g/mol. The standard InChI is InChI=1S/C17H33N3O/c1-3-11-20(14-16-7-9-18-10-8-16)15(2)17(21)19-12-5-4-6-13-19/h15-16,18H,3-14H2,1-2H3. The van der Waals surface area contributed by atoms with Crippen molar-refractivity contribution < 1.29 is 4.79 Å². The second-order valence-corrected chi connectivity index (χ2v) is 6.75. The van der Waals surface area contributed by atoms with Crippen LogP contribution < -0.4 is 5.32 Å². The molecule has 0 saturated carbocycles. The summed E-state index contributed by atoms with van der Waals surface area (Å²) in [6, 6.07) is 0.0536. The molecule has 0 bridgehead atoms. The average Bonchev–Trinajstić information content (AvgIpc) is 2.55. The third-order valence-electron chi connectivity index (χ3n) is 5.04. The lowest BCUT2D eigenvalue weighted by Crippen LogP contribution is -2.50. The van der Waals surface area contributed by atoms with E-state index in [-0.39, 0.29) is 6.04 Å². The molecule has 1 unspecified atom stereocenters. The number of carbonyl (C=O) groups excluding carboxylic acids is 1. The van der Waals surface area contributed by atoms with Gasteiger partial charge in [0.2, 0.25) is 5.91 Å². The van der Waals surface area contributed by atoms with Crippen molar-refractivity contribution in [2.45, 2.75) is 58.4 Å². The first kappa shape index (κ1) is 16.8. The van der Waals surface area contributed by atoms with Gasteiger partial charge in [0.25, 0.3) is 0 Å². The summed E-state index contributed by atoms with van der Waals surface area (Å²) in [5, 5.41) is 3.43. The highest BCUT2D eigenvalue weighted by atomic mass is 16.2. The lowest BCUT2D eigenvalue weighted by atomic mass is 9.96. The topological polar surface area (TPSA) is 35.6 Å². The van der Waals surface area contributed by atoms with Crippen molar-refractivity contribution in [2.75, 3.05) is 39.3 Å². The molecule has 0 aliphatic carbocycles. The maximum atomic E-state index is 12.7. The monoisotopic (exact) mass is 295 g/mol. The molecular formula is C17H33N3O. The van der Waals surface area contributed by atoms with E-state index in [0.717, 1.165) is 51.6 Å². The van der Waals surface area contributed by atoms with Crippen molar-refractivity contribution in [2.24, 2.45) is 5.92 Å². The van der Waals surface area contributed by atoms with Crippen LogP contribution in [0.1, 0.15) is 52.4 Å². The molecule has 1 amide bonds.